The first-order chi connectivity index (χ1) is 15.9. The number of hydrogen-bond acceptors (Lipinski definition) is 1. The summed E-state index contributed by atoms with van der Waals surface area (Å²) in [4.78, 5) is 4.84. The molecule has 0 bridgehead atoms. The molecule has 0 spiro atoms. The summed E-state index contributed by atoms with van der Waals surface area (Å²) in [5, 5.41) is 8.00. The summed E-state index contributed by atoms with van der Waals surface area (Å²) in [6.07, 6.45) is 1.85. The standard InChI is InChI=1S/C30H19F2N/c1-30(2)24-12-17-6-4-3-5-16(17)11-23(24)29-28-20(9-10-33-29)19-8-7-18-13-26(31)27(32)15-21(18)22(19)14-25(28)30/h3-15H,1-2H3. The Labute approximate surface area is 189 Å². The van der Waals surface area contributed by atoms with Crippen molar-refractivity contribution in [2.24, 2.45) is 0 Å². The fourth-order valence-corrected chi connectivity index (χ4v) is 5.70. The van der Waals surface area contributed by atoms with Crippen molar-refractivity contribution in [2.45, 2.75) is 19.3 Å². The molecule has 1 heterocycles. The van der Waals surface area contributed by atoms with E-state index in [1.165, 1.54) is 28.5 Å². The normalized spacial score (nSPS) is 14.3. The van der Waals surface area contributed by atoms with Gasteiger partial charge in [0.15, 0.2) is 11.6 Å². The third kappa shape index (κ3) is 2.37. The number of halogens is 2. The number of nitrogens with zero attached hydrogens (tertiary/aromatic N) is 1. The molecule has 1 aromatic heterocycles. The van der Waals surface area contributed by atoms with Crippen LogP contribution >= 0.6 is 0 Å². The van der Waals surface area contributed by atoms with Crippen LogP contribution in [0.4, 0.5) is 8.78 Å². The Balaban J connectivity index is 1.70. The van der Waals surface area contributed by atoms with Gasteiger partial charge < -0.3 is 0 Å². The zero-order valence-electron chi connectivity index (χ0n) is 18.2. The van der Waals surface area contributed by atoms with Crippen LogP contribution < -0.4 is 0 Å². The van der Waals surface area contributed by atoms with Crippen LogP contribution in [0.5, 0.6) is 0 Å². The van der Waals surface area contributed by atoms with Gasteiger partial charge in [-0.1, -0.05) is 50.2 Å². The average Bonchev–Trinajstić information content (AvgIpc) is 2.82. The van der Waals surface area contributed by atoms with Crippen LogP contribution in [0.3, 0.4) is 0 Å². The van der Waals surface area contributed by atoms with Crippen molar-refractivity contribution in [3.8, 4) is 11.3 Å². The maximum absolute atomic E-state index is 14.3. The quantitative estimate of drug-likeness (QED) is 0.221. The number of aromatic nitrogens is 1. The van der Waals surface area contributed by atoms with Gasteiger partial charge in [0.1, 0.15) is 0 Å². The molecule has 0 unspecified atom stereocenters. The molecule has 0 N–H and O–H groups in total. The maximum Gasteiger partial charge on any atom is 0.159 e. The van der Waals surface area contributed by atoms with Crippen LogP contribution in [0.1, 0.15) is 25.0 Å². The van der Waals surface area contributed by atoms with E-state index in [0.717, 1.165) is 43.8 Å². The van der Waals surface area contributed by atoms with E-state index in [1.807, 2.05) is 24.4 Å². The average molecular weight is 431 g/mol. The molecular weight excluding hydrogens is 412 g/mol. The van der Waals surface area contributed by atoms with Crippen molar-refractivity contribution in [1.82, 2.24) is 4.98 Å². The zero-order valence-corrected chi connectivity index (χ0v) is 18.2. The van der Waals surface area contributed by atoms with Crippen molar-refractivity contribution in [1.29, 1.82) is 0 Å². The van der Waals surface area contributed by atoms with Crippen molar-refractivity contribution in [2.75, 3.05) is 0 Å². The lowest BCUT2D eigenvalue weighted by atomic mass is 9.68. The smallest absolute Gasteiger partial charge is 0.159 e. The number of hydrogen-bond donors (Lipinski definition) is 0. The SMILES string of the molecule is CC1(C)c2cc3ccccc3cc2-c2nccc3c2c1cc1c2cc(F)c(F)cc2ccc31. The van der Waals surface area contributed by atoms with Crippen LogP contribution in [0, 0.1) is 11.6 Å². The monoisotopic (exact) mass is 431 g/mol. The molecule has 0 atom stereocenters. The first-order valence-corrected chi connectivity index (χ1v) is 11.1. The minimum atomic E-state index is -0.824. The number of rotatable bonds is 0. The van der Waals surface area contributed by atoms with E-state index in [0.29, 0.717) is 5.39 Å². The van der Waals surface area contributed by atoms with Crippen LogP contribution in [0.15, 0.2) is 79.0 Å². The van der Waals surface area contributed by atoms with E-state index in [2.05, 4.69) is 56.3 Å². The van der Waals surface area contributed by atoms with Gasteiger partial charge in [0.2, 0.25) is 0 Å². The molecule has 1 aliphatic rings. The van der Waals surface area contributed by atoms with E-state index >= 15 is 0 Å². The van der Waals surface area contributed by atoms with Gasteiger partial charge in [-0.25, -0.2) is 8.78 Å². The molecule has 6 aromatic rings. The summed E-state index contributed by atoms with van der Waals surface area (Å²) in [5.41, 5.74) is 4.24. The lowest BCUT2D eigenvalue weighted by Crippen LogP contribution is -2.24. The Bertz CT molecular complexity index is 1810. The highest BCUT2D eigenvalue weighted by molar-refractivity contribution is 6.21. The summed E-state index contributed by atoms with van der Waals surface area (Å²) in [6.45, 7) is 4.48. The van der Waals surface area contributed by atoms with E-state index < -0.39 is 11.6 Å². The number of benzene rings is 5. The predicted octanol–water partition coefficient (Wildman–Crippen LogP) is 8.28. The van der Waals surface area contributed by atoms with Crippen LogP contribution in [0.25, 0.3) is 54.3 Å². The van der Waals surface area contributed by atoms with Gasteiger partial charge in [-0.05, 0) is 85.2 Å². The fourth-order valence-electron chi connectivity index (χ4n) is 5.70. The Hall–Kier alpha value is -3.85. The van der Waals surface area contributed by atoms with Crippen molar-refractivity contribution in [3.63, 3.8) is 0 Å². The molecule has 0 saturated heterocycles. The largest absolute Gasteiger partial charge is 0.256 e. The van der Waals surface area contributed by atoms with Gasteiger partial charge in [0.25, 0.3) is 0 Å². The number of pyridine rings is 1. The highest BCUT2D eigenvalue weighted by atomic mass is 19.2. The summed E-state index contributed by atoms with van der Waals surface area (Å²) in [6, 6.07) is 23.6. The summed E-state index contributed by atoms with van der Waals surface area (Å²) < 4.78 is 28.2. The topological polar surface area (TPSA) is 12.9 Å². The molecule has 0 saturated carbocycles. The first kappa shape index (κ1) is 18.7. The Morgan fingerprint density at radius 2 is 1.39 bits per heavy atom. The lowest BCUT2D eigenvalue weighted by Gasteiger charge is -2.35. The third-order valence-electron chi connectivity index (χ3n) is 7.39. The van der Waals surface area contributed by atoms with Gasteiger partial charge in [-0.2, -0.15) is 0 Å². The van der Waals surface area contributed by atoms with Crippen LogP contribution in [0.2, 0.25) is 0 Å². The van der Waals surface area contributed by atoms with Crippen molar-refractivity contribution >= 4 is 43.1 Å². The van der Waals surface area contributed by atoms with E-state index in [4.69, 9.17) is 4.98 Å². The fraction of sp³-hybridized carbons (Fsp3) is 0.100. The minimum absolute atomic E-state index is 0.289. The molecule has 5 aromatic carbocycles. The lowest BCUT2D eigenvalue weighted by molar-refractivity contribution is 0.511. The molecule has 158 valence electrons. The molecular formula is C30H19F2N. The molecule has 0 amide bonds. The Morgan fingerprint density at radius 1 is 0.636 bits per heavy atom. The molecule has 0 radical (unpaired) electrons. The third-order valence-corrected chi connectivity index (χ3v) is 7.39. The van der Waals surface area contributed by atoms with Gasteiger partial charge >= 0.3 is 0 Å². The van der Waals surface area contributed by atoms with Crippen LogP contribution in [-0.2, 0) is 5.41 Å². The summed E-state index contributed by atoms with van der Waals surface area (Å²) in [7, 11) is 0. The highest BCUT2D eigenvalue weighted by Gasteiger charge is 2.35. The van der Waals surface area contributed by atoms with Gasteiger partial charge in [-0.15, -0.1) is 0 Å². The Kier molecular flexibility index (Phi) is 3.48. The second kappa shape index (κ2) is 6.14. The summed E-state index contributed by atoms with van der Waals surface area (Å²) >= 11 is 0. The first-order valence-electron chi connectivity index (χ1n) is 11.1. The highest BCUT2D eigenvalue weighted by Crippen LogP contribution is 2.51. The van der Waals surface area contributed by atoms with Crippen molar-refractivity contribution in [3.05, 3.63) is 102 Å². The van der Waals surface area contributed by atoms with E-state index in [9.17, 15) is 8.78 Å². The van der Waals surface area contributed by atoms with Crippen LogP contribution in [-0.4, -0.2) is 4.98 Å². The second-order valence-corrected chi connectivity index (χ2v) is 9.52. The zero-order chi connectivity index (χ0) is 22.5. The maximum atomic E-state index is 14.3. The molecule has 1 nitrogen and oxygen atoms in total. The minimum Gasteiger partial charge on any atom is -0.256 e. The van der Waals surface area contributed by atoms with Gasteiger partial charge in [0, 0.05) is 22.6 Å². The molecule has 0 aliphatic heterocycles. The second-order valence-electron chi connectivity index (χ2n) is 9.52. The van der Waals surface area contributed by atoms with E-state index in [-0.39, 0.29) is 5.41 Å². The van der Waals surface area contributed by atoms with Gasteiger partial charge in [0.05, 0.1) is 5.69 Å². The molecule has 0 fully saturated rings. The molecule has 1 aliphatic carbocycles. The van der Waals surface area contributed by atoms with Gasteiger partial charge in [-0.3, -0.25) is 4.98 Å². The number of fused-ring (bicyclic) bond motifs is 7. The van der Waals surface area contributed by atoms with E-state index in [1.54, 1.807) is 0 Å². The summed E-state index contributed by atoms with van der Waals surface area (Å²) in [5.74, 6) is -1.65. The molecule has 3 heteroatoms. The molecule has 7 rings (SSSR count). The van der Waals surface area contributed by atoms with Crippen molar-refractivity contribution < 1.29 is 8.78 Å². The molecule has 33 heavy (non-hydrogen) atoms. The predicted molar refractivity (Wildman–Crippen MR) is 132 cm³/mol. The Morgan fingerprint density at radius 3 is 2.21 bits per heavy atom.